The van der Waals surface area contributed by atoms with E-state index in [0.29, 0.717) is 19.6 Å². The summed E-state index contributed by atoms with van der Waals surface area (Å²) < 4.78 is 26.6. The van der Waals surface area contributed by atoms with Gasteiger partial charge in [-0.15, -0.1) is 6.42 Å². The molecule has 23 heavy (non-hydrogen) atoms. The number of carbonyl (C=O) groups is 1. The number of hydrogen-bond acceptors (Lipinski definition) is 4. The van der Waals surface area contributed by atoms with E-state index in [-0.39, 0.29) is 30.7 Å². The topological polar surface area (TPSA) is 69.7 Å². The standard InChI is InChI=1S/C16H29N3O3S/c1-4-7-15(3)14-23(21,22)19-10-6-9-18(11-12-19)13-16(20)17-8-5-2/h2,15H,4,6-14H2,1,3H3,(H,17,20)/t15-/m0/s1. The molecule has 0 aromatic rings. The maximum Gasteiger partial charge on any atom is 0.234 e. The van der Waals surface area contributed by atoms with E-state index in [4.69, 9.17) is 6.42 Å². The van der Waals surface area contributed by atoms with Crippen molar-refractivity contribution >= 4 is 15.9 Å². The molecule has 1 rings (SSSR count). The van der Waals surface area contributed by atoms with Crippen molar-refractivity contribution in [3.63, 3.8) is 0 Å². The lowest BCUT2D eigenvalue weighted by molar-refractivity contribution is -0.121. The molecule has 1 atom stereocenters. The van der Waals surface area contributed by atoms with Crippen LogP contribution in [-0.4, -0.2) is 68.6 Å². The van der Waals surface area contributed by atoms with Gasteiger partial charge in [-0.25, -0.2) is 12.7 Å². The van der Waals surface area contributed by atoms with Crippen molar-refractivity contribution < 1.29 is 13.2 Å². The molecule has 1 aliphatic rings. The predicted octanol–water partition coefficient (Wildman–Crippen LogP) is 0.510. The highest BCUT2D eigenvalue weighted by Crippen LogP contribution is 2.14. The van der Waals surface area contributed by atoms with Crippen LogP contribution >= 0.6 is 0 Å². The van der Waals surface area contributed by atoms with Gasteiger partial charge in [0.1, 0.15) is 0 Å². The van der Waals surface area contributed by atoms with E-state index in [1.54, 1.807) is 4.31 Å². The predicted molar refractivity (Wildman–Crippen MR) is 92.3 cm³/mol. The van der Waals surface area contributed by atoms with Crippen LogP contribution in [0.1, 0.15) is 33.1 Å². The highest BCUT2D eigenvalue weighted by atomic mass is 32.2. The maximum atomic E-state index is 12.5. The normalized spacial score (nSPS) is 18.8. The SMILES string of the molecule is C#CCNC(=O)CN1CCCN(S(=O)(=O)C[C@@H](C)CCC)CC1. The van der Waals surface area contributed by atoms with Crippen molar-refractivity contribution in [1.29, 1.82) is 0 Å². The van der Waals surface area contributed by atoms with Crippen LogP contribution in [0.5, 0.6) is 0 Å². The lowest BCUT2D eigenvalue weighted by Crippen LogP contribution is -2.40. The maximum absolute atomic E-state index is 12.5. The van der Waals surface area contributed by atoms with E-state index in [1.165, 1.54) is 0 Å². The van der Waals surface area contributed by atoms with Gasteiger partial charge in [0.15, 0.2) is 0 Å². The Morgan fingerprint density at radius 1 is 1.30 bits per heavy atom. The van der Waals surface area contributed by atoms with Gasteiger partial charge in [0, 0.05) is 19.6 Å². The first-order chi connectivity index (χ1) is 10.9. The first-order valence-corrected chi connectivity index (χ1v) is 9.90. The smallest absolute Gasteiger partial charge is 0.234 e. The zero-order valence-corrected chi connectivity index (χ0v) is 15.1. The summed E-state index contributed by atoms with van der Waals surface area (Å²) in [7, 11) is -3.21. The minimum atomic E-state index is -3.21. The number of sulfonamides is 1. The zero-order chi connectivity index (χ0) is 17.3. The molecular weight excluding hydrogens is 314 g/mol. The summed E-state index contributed by atoms with van der Waals surface area (Å²) >= 11 is 0. The van der Waals surface area contributed by atoms with Crippen molar-refractivity contribution in [2.45, 2.75) is 33.1 Å². The molecule has 0 aromatic heterocycles. The van der Waals surface area contributed by atoms with Crippen LogP contribution in [0.15, 0.2) is 0 Å². The van der Waals surface area contributed by atoms with Crippen molar-refractivity contribution in [3.05, 3.63) is 0 Å². The summed E-state index contributed by atoms with van der Waals surface area (Å²) in [6.45, 7) is 6.82. The molecule has 0 bridgehead atoms. The Bertz CT molecular complexity index is 513. The Morgan fingerprint density at radius 3 is 2.70 bits per heavy atom. The minimum absolute atomic E-state index is 0.115. The quantitative estimate of drug-likeness (QED) is 0.652. The molecule has 0 aliphatic carbocycles. The van der Waals surface area contributed by atoms with Crippen molar-refractivity contribution in [3.8, 4) is 12.3 Å². The molecule has 1 N–H and O–H groups in total. The van der Waals surface area contributed by atoms with E-state index in [0.717, 1.165) is 25.8 Å². The second kappa shape index (κ2) is 9.91. The van der Waals surface area contributed by atoms with E-state index in [2.05, 4.69) is 18.2 Å². The summed E-state index contributed by atoms with van der Waals surface area (Å²) in [5.74, 6) is 2.64. The van der Waals surface area contributed by atoms with Gasteiger partial charge in [0.2, 0.25) is 15.9 Å². The molecule has 1 saturated heterocycles. The van der Waals surface area contributed by atoms with Gasteiger partial charge in [-0.3, -0.25) is 9.69 Å². The molecule has 6 nitrogen and oxygen atoms in total. The summed E-state index contributed by atoms with van der Waals surface area (Å²) in [5.41, 5.74) is 0. The second-order valence-electron chi connectivity index (χ2n) is 6.18. The molecule has 1 aliphatic heterocycles. The summed E-state index contributed by atoms with van der Waals surface area (Å²) in [6.07, 6.45) is 7.77. The Morgan fingerprint density at radius 2 is 2.04 bits per heavy atom. The number of amides is 1. The lowest BCUT2D eigenvalue weighted by atomic mass is 10.1. The minimum Gasteiger partial charge on any atom is -0.344 e. The van der Waals surface area contributed by atoms with Gasteiger partial charge >= 0.3 is 0 Å². The lowest BCUT2D eigenvalue weighted by Gasteiger charge is -2.23. The number of carbonyl (C=O) groups excluding carboxylic acids is 1. The summed E-state index contributed by atoms with van der Waals surface area (Å²) in [4.78, 5) is 13.7. The average Bonchev–Trinajstić information content (AvgIpc) is 2.71. The molecule has 0 radical (unpaired) electrons. The Kier molecular flexibility index (Phi) is 8.59. The molecule has 1 heterocycles. The van der Waals surface area contributed by atoms with Gasteiger partial charge in [0.25, 0.3) is 0 Å². The van der Waals surface area contributed by atoms with Gasteiger partial charge in [-0.2, -0.15) is 0 Å². The van der Waals surface area contributed by atoms with Crippen LogP contribution in [0.4, 0.5) is 0 Å². The molecule has 1 fully saturated rings. The van der Waals surface area contributed by atoms with Gasteiger partial charge in [-0.1, -0.05) is 26.2 Å². The third kappa shape index (κ3) is 7.34. The van der Waals surface area contributed by atoms with Gasteiger partial charge < -0.3 is 5.32 Å². The number of rotatable bonds is 8. The summed E-state index contributed by atoms with van der Waals surface area (Å²) in [6, 6.07) is 0. The molecule has 0 saturated carbocycles. The van der Waals surface area contributed by atoms with Gasteiger partial charge in [-0.05, 0) is 25.3 Å². The molecule has 0 aromatic carbocycles. The molecule has 0 spiro atoms. The number of nitrogens with zero attached hydrogens (tertiary/aromatic N) is 2. The fraction of sp³-hybridized carbons (Fsp3) is 0.812. The third-order valence-corrected chi connectivity index (χ3v) is 6.11. The number of terminal acetylenes is 1. The van der Waals surface area contributed by atoms with E-state index in [1.807, 2.05) is 11.8 Å². The van der Waals surface area contributed by atoms with Crippen LogP contribution in [0.3, 0.4) is 0 Å². The van der Waals surface area contributed by atoms with Crippen molar-refractivity contribution in [2.75, 3.05) is 45.0 Å². The Balaban J connectivity index is 2.51. The largest absolute Gasteiger partial charge is 0.344 e. The van der Waals surface area contributed by atoms with Crippen LogP contribution in [0, 0.1) is 18.3 Å². The fourth-order valence-electron chi connectivity index (χ4n) is 2.83. The van der Waals surface area contributed by atoms with Gasteiger partial charge in [0.05, 0.1) is 18.8 Å². The van der Waals surface area contributed by atoms with Crippen LogP contribution in [0.25, 0.3) is 0 Å². The molecule has 1 amide bonds. The van der Waals surface area contributed by atoms with Crippen LogP contribution < -0.4 is 5.32 Å². The molecular formula is C16H29N3O3S. The molecule has 7 heteroatoms. The third-order valence-electron chi connectivity index (χ3n) is 3.97. The zero-order valence-electron chi connectivity index (χ0n) is 14.3. The van der Waals surface area contributed by atoms with E-state index < -0.39 is 10.0 Å². The van der Waals surface area contributed by atoms with Crippen LogP contribution in [0.2, 0.25) is 0 Å². The highest BCUT2D eigenvalue weighted by molar-refractivity contribution is 7.89. The van der Waals surface area contributed by atoms with E-state index >= 15 is 0 Å². The monoisotopic (exact) mass is 343 g/mol. The number of hydrogen-bond donors (Lipinski definition) is 1. The molecule has 132 valence electrons. The average molecular weight is 343 g/mol. The Labute approximate surface area is 140 Å². The molecule has 0 unspecified atom stereocenters. The first-order valence-electron chi connectivity index (χ1n) is 8.29. The fourth-order valence-corrected chi connectivity index (χ4v) is 4.70. The van der Waals surface area contributed by atoms with Crippen LogP contribution in [-0.2, 0) is 14.8 Å². The number of nitrogens with one attached hydrogen (secondary N) is 1. The Hall–Kier alpha value is -1.10. The second-order valence-corrected chi connectivity index (χ2v) is 8.20. The first kappa shape index (κ1) is 19.9. The van der Waals surface area contributed by atoms with E-state index in [9.17, 15) is 13.2 Å². The van der Waals surface area contributed by atoms with Crippen molar-refractivity contribution in [2.24, 2.45) is 5.92 Å². The summed E-state index contributed by atoms with van der Waals surface area (Å²) in [5, 5.41) is 2.63. The van der Waals surface area contributed by atoms with Crippen molar-refractivity contribution in [1.82, 2.24) is 14.5 Å². The highest BCUT2D eigenvalue weighted by Gasteiger charge is 2.27.